The molecule has 1 atom stereocenters. The Morgan fingerprint density at radius 2 is 2.13 bits per heavy atom. The highest BCUT2D eigenvalue weighted by Crippen LogP contribution is 2.25. The second-order valence-corrected chi connectivity index (χ2v) is 6.58. The minimum Gasteiger partial charge on any atom is -0.388 e. The van der Waals surface area contributed by atoms with Crippen molar-refractivity contribution in [2.75, 3.05) is 27.2 Å². The molecule has 0 radical (unpaired) electrons. The number of rotatable bonds is 5. The van der Waals surface area contributed by atoms with E-state index < -0.39 is 11.5 Å². The molecule has 1 aromatic carbocycles. The van der Waals surface area contributed by atoms with Crippen LogP contribution in [-0.4, -0.2) is 59.5 Å². The molecule has 0 aromatic heterocycles. The molecule has 2 amide bonds. The number of piperidine rings is 1. The molecule has 23 heavy (non-hydrogen) atoms. The first-order valence-corrected chi connectivity index (χ1v) is 7.83. The van der Waals surface area contributed by atoms with Crippen LogP contribution in [0, 0.1) is 0 Å². The van der Waals surface area contributed by atoms with Crippen LogP contribution in [0.1, 0.15) is 35.2 Å². The van der Waals surface area contributed by atoms with Crippen LogP contribution >= 0.6 is 0 Å². The summed E-state index contributed by atoms with van der Waals surface area (Å²) in [4.78, 5) is 26.8. The Balaban J connectivity index is 2.05. The molecule has 6 heteroatoms. The van der Waals surface area contributed by atoms with E-state index in [0.717, 1.165) is 18.5 Å². The maximum absolute atomic E-state index is 12.0. The summed E-state index contributed by atoms with van der Waals surface area (Å²) in [6.45, 7) is 1.91. The molecule has 0 spiro atoms. The number of carbonyl (C=O) groups excluding carboxylic acids is 2. The lowest BCUT2D eigenvalue weighted by Crippen LogP contribution is -2.49. The third-order valence-corrected chi connectivity index (χ3v) is 4.12. The van der Waals surface area contributed by atoms with Gasteiger partial charge in [-0.05, 0) is 37.1 Å². The minimum absolute atomic E-state index is 0.0113. The van der Waals surface area contributed by atoms with Gasteiger partial charge in [-0.2, -0.15) is 0 Å². The monoisotopic (exact) mass is 319 g/mol. The number of β-amino-alcohol motifs (C(OH)–C–C–N with tert-alkyl or cyclic N) is 1. The molecule has 6 nitrogen and oxygen atoms in total. The van der Waals surface area contributed by atoms with Gasteiger partial charge in [0.1, 0.15) is 0 Å². The van der Waals surface area contributed by atoms with Crippen molar-refractivity contribution in [3.8, 4) is 0 Å². The number of likely N-dealkylation sites (tertiary alicyclic amines) is 1. The Labute approximate surface area is 136 Å². The zero-order valence-electron chi connectivity index (χ0n) is 13.8. The summed E-state index contributed by atoms with van der Waals surface area (Å²) in [5, 5.41) is 10.5. The summed E-state index contributed by atoms with van der Waals surface area (Å²) in [7, 11) is 3.45. The topological polar surface area (TPSA) is 86.9 Å². The third-order valence-electron chi connectivity index (χ3n) is 4.12. The summed E-state index contributed by atoms with van der Waals surface area (Å²) < 4.78 is 0. The Morgan fingerprint density at radius 1 is 1.39 bits per heavy atom. The fourth-order valence-electron chi connectivity index (χ4n) is 3.13. The average molecular weight is 319 g/mol. The van der Waals surface area contributed by atoms with Crippen LogP contribution in [0.2, 0.25) is 0 Å². The zero-order chi connectivity index (χ0) is 17.0. The van der Waals surface area contributed by atoms with E-state index in [1.807, 2.05) is 18.2 Å². The van der Waals surface area contributed by atoms with Crippen molar-refractivity contribution in [2.24, 2.45) is 5.73 Å². The molecule has 1 unspecified atom stereocenters. The quantitative estimate of drug-likeness (QED) is 0.831. The van der Waals surface area contributed by atoms with Gasteiger partial charge in [-0.15, -0.1) is 0 Å². The summed E-state index contributed by atoms with van der Waals surface area (Å²) in [5.41, 5.74) is 5.85. The first-order chi connectivity index (χ1) is 10.8. The summed E-state index contributed by atoms with van der Waals surface area (Å²) in [6, 6.07) is 7.51. The molecule has 0 saturated carbocycles. The average Bonchev–Trinajstić information content (AvgIpc) is 2.45. The molecule has 1 fully saturated rings. The standard InChI is InChI=1S/C17H25N3O3/c1-19(2)16(22)14-6-3-5-13(9-14)11-20-8-4-7-17(23,12-20)10-15(18)21/h3,5-6,9,23H,4,7-8,10-12H2,1-2H3,(H2,18,21). The van der Waals surface area contributed by atoms with Gasteiger partial charge in [0.25, 0.3) is 5.91 Å². The Kier molecular flexibility index (Phi) is 5.38. The normalized spacial score (nSPS) is 21.9. The molecule has 1 saturated heterocycles. The van der Waals surface area contributed by atoms with Crippen molar-refractivity contribution in [1.29, 1.82) is 0 Å². The van der Waals surface area contributed by atoms with Crippen LogP contribution in [0.15, 0.2) is 24.3 Å². The molecule has 3 N–H and O–H groups in total. The molecule has 1 aromatic rings. The molecular formula is C17H25N3O3. The number of nitrogens with zero attached hydrogens (tertiary/aromatic N) is 2. The molecule has 0 aliphatic carbocycles. The largest absolute Gasteiger partial charge is 0.388 e. The van der Waals surface area contributed by atoms with Crippen molar-refractivity contribution in [3.63, 3.8) is 0 Å². The molecule has 0 bridgehead atoms. The lowest BCUT2D eigenvalue weighted by Gasteiger charge is -2.38. The van der Waals surface area contributed by atoms with Gasteiger partial charge in [-0.1, -0.05) is 12.1 Å². The smallest absolute Gasteiger partial charge is 0.253 e. The van der Waals surface area contributed by atoms with Gasteiger partial charge in [0.2, 0.25) is 5.91 Å². The zero-order valence-corrected chi connectivity index (χ0v) is 13.8. The first kappa shape index (κ1) is 17.4. The van der Waals surface area contributed by atoms with Gasteiger partial charge < -0.3 is 15.7 Å². The van der Waals surface area contributed by atoms with Gasteiger partial charge in [-0.25, -0.2) is 0 Å². The van der Waals surface area contributed by atoms with E-state index >= 15 is 0 Å². The number of benzene rings is 1. The van der Waals surface area contributed by atoms with Crippen LogP contribution in [0.5, 0.6) is 0 Å². The Hall–Kier alpha value is -1.92. The van der Waals surface area contributed by atoms with Gasteiger partial charge in [-0.3, -0.25) is 14.5 Å². The lowest BCUT2D eigenvalue weighted by molar-refractivity contribution is -0.125. The number of hydrogen-bond donors (Lipinski definition) is 2. The van der Waals surface area contributed by atoms with Crippen LogP contribution in [0.25, 0.3) is 0 Å². The van der Waals surface area contributed by atoms with Crippen LogP contribution in [0.4, 0.5) is 0 Å². The SMILES string of the molecule is CN(C)C(=O)c1cccc(CN2CCCC(O)(CC(N)=O)C2)c1. The second kappa shape index (κ2) is 7.10. The highest BCUT2D eigenvalue weighted by atomic mass is 16.3. The number of hydrogen-bond acceptors (Lipinski definition) is 4. The Morgan fingerprint density at radius 3 is 2.78 bits per heavy atom. The van der Waals surface area contributed by atoms with Crippen molar-refractivity contribution in [3.05, 3.63) is 35.4 Å². The molecule has 1 aliphatic heterocycles. The number of carbonyl (C=O) groups is 2. The number of nitrogens with two attached hydrogens (primary N) is 1. The van der Waals surface area contributed by atoms with Crippen molar-refractivity contribution >= 4 is 11.8 Å². The van der Waals surface area contributed by atoms with Gasteiger partial charge >= 0.3 is 0 Å². The van der Waals surface area contributed by atoms with Gasteiger partial charge in [0.05, 0.1) is 12.0 Å². The lowest BCUT2D eigenvalue weighted by atomic mass is 9.89. The number of amides is 2. The van der Waals surface area contributed by atoms with E-state index in [0.29, 0.717) is 25.1 Å². The predicted octanol–water partition coefficient (Wildman–Crippen LogP) is 0.591. The fourth-order valence-corrected chi connectivity index (χ4v) is 3.13. The molecule has 2 rings (SSSR count). The fraction of sp³-hybridized carbons (Fsp3) is 0.529. The van der Waals surface area contributed by atoms with Gasteiger partial charge in [0.15, 0.2) is 0 Å². The van der Waals surface area contributed by atoms with Crippen LogP contribution < -0.4 is 5.73 Å². The van der Waals surface area contributed by atoms with Crippen LogP contribution in [-0.2, 0) is 11.3 Å². The summed E-state index contributed by atoms with van der Waals surface area (Å²) in [6.07, 6.45) is 1.40. The van der Waals surface area contributed by atoms with E-state index in [4.69, 9.17) is 5.73 Å². The molecule has 1 heterocycles. The molecule has 1 aliphatic rings. The highest BCUT2D eigenvalue weighted by Gasteiger charge is 2.34. The number of aliphatic hydroxyl groups is 1. The van der Waals surface area contributed by atoms with Crippen LogP contribution in [0.3, 0.4) is 0 Å². The third kappa shape index (κ3) is 4.77. The number of primary amides is 1. The first-order valence-electron chi connectivity index (χ1n) is 7.83. The Bertz CT molecular complexity index is 588. The van der Waals surface area contributed by atoms with E-state index in [1.54, 1.807) is 25.1 Å². The molecule has 126 valence electrons. The van der Waals surface area contributed by atoms with E-state index in [-0.39, 0.29) is 12.3 Å². The molecular weight excluding hydrogens is 294 g/mol. The summed E-state index contributed by atoms with van der Waals surface area (Å²) >= 11 is 0. The van der Waals surface area contributed by atoms with Gasteiger partial charge in [0, 0.05) is 32.7 Å². The van der Waals surface area contributed by atoms with Crippen molar-refractivity contribution in [1.82, 2.24) is 9.80 Å². The van der Waals surface area contributed by atoms with E-state index in [1.165, 1.54) is 0 Å². The predicted molar refractivity (Wildman–Crippen MR) is 87.7 cm³/mol. The van der Waals surface area contributed by atoms with Crippen molar-refractivity contribution < 1.29 is 14.7 Å². The highest BCUT2D eigenvalue weighted by molar-refractivity contribution is 5.94. The maximum atomic E-state index is 12.0. The second-order valence-electron chi connectivity index (χ2n) is 6.58. The maximum Gasteiger partial charge on any atom is 0.253 e. The summed E-state index contributed by atoms with van der Waals surface area (Å²) in [5.74, 6) is -0.511. The minimum atomic E-state index is -1.04. The van der Waals surface area contributed by atoms with E-state index in [9.17, 15) is 14.7 Å². The van der Waals surface area contributed by atoms with Crippen molar-refractivity contribution in [2.45, 2.75) is 31.4 Å². The van der Waals surface area contributed by atoms with E-state index in [2.05, 4.69) is 4.90 Å².